The highest BCUT2D eigenvalue weighted by Gasteiger charge is 2.16. The van der Waals surface area contributed by atoms with E-state index in [0.29, 0.717) is 5.95 Å². The van der Waals surface area contributed by atoms with Crippen molar-refractivity contribution < 1.29 is 4.74 Å². The van der Waals surface area contributed by atoms with Gasteiger partial charge in [0.1, 0.15) is 11.6 Å². The Morgan fingerprint density at radius 2 is 1.77 bits per heavy atom. The van der Waals surface area contributed by atoms with Crippen LogP contribution in [0.2, 0.25) is 0 Å². The summed E-state index contributed by atoms with van der Waals surface area (Å²) < 4.78 is 7.31. The molecule has 0 amide bonds. The maximum Gasteiger partial charge on any atom is 0.248 e. The Morgan fingerprint density at radius 1 is 0.885 bits per heavy atom. The van der Waals surface area contributed by atoms with Gasteiger partial charge in [0.05, 0.1) is 18.7 Å². The molecule has 0 saturated carbocycles. The lowest BCUT2D eigenvalue weighted by Crippen LogP contribution is -2.37. The van der Waals surface area contributed by atoms with Crippen LogP contribution in [0.25, 0.3) is 16.6 Å². The van der Waals surface area contributed by atoms with Crippen molar-refractivity contribution in [1.82, 2.24) is 19.6 Å². The van der Waals surface area contributed by atoms with Gasteiger partial charge in [0.15, 0.2) is 5.65 Å². The first-order valence-electron chi connectivity index (χ1n) is 8.68. The van der Waals surface area contributed by atoms with Crippen LogP contribution in [-0.2, 0) is 4.74 Å². The van der Waals surface area contributed by atoms with Crippen molar-refractivity contribution in [1.29, 1.82) is 0 Å². The van der Waals surface area contributed by atoms with Gasteiger partial charge in [-0.3, -0.25) is 0 Å². The van der Waals surface area contributed by atoms with E-state index in [4.69, 9.17) is 4.74 Å². The third-order valence-electron chi connectivity index (χ3n) is 4.51. The van der Waals surface area contributed by atoms with Gasteiger partial charge in [0.25, 0.3) is 0 Å². The number of morpholine rings is 1. The van der Waals surface area contributed by atoms with Crippen LogP contribution in [0, 0.1) is 0 Å². The number of nitrogens with one attached hydrogen (secondary N) is 1. The number of rotatable bonds is 3. The Morgan fingerprint density at radius 3 is 2.69 bits per heavy atom. The Hall–Kier alpha value is -3.19. The Balaban J connectivity index is 1.48. The monoisotopic (exact) mass is 346 g/mol. The van der Waals surface area contributed by atoms with Crippen molar-refractivity contribution in [2.75, 3.05) is 36.5 Å². The van der Waals surface area contributed by atoms with E-state index in [9.17, 15) is 0 Å². The molecule has 1 aromatic carbocycles. The van der Waals surface area contributed by atoms with E-state index in [1.165, 1.54) is 0 Å². The highest BCUT2D eigenvalue weighted by atomic mass is 16.5. The predicted octanol–water partition coefficient (Wildman–Crippen LogP) is 2.86. The molecular formula is C19H18N6O. The lowest BCUT2D eigenvalue weighted by atomic mass is 10.2. The van der Waals surface area contributed by atoms with Crippen LogP contribution in [0.3, 0.4) is 0 Å². The molecule has 0 aliphatic carbocycles. The average molecular weight is 346 g/mol. The van der Waals surface area contributed by atoms with Crippen molar-refractivity contribution in [3.63, 3.8) is 0 Å². The fraction of sp³-hybridized carbons (Fsp3) is 0.211. The van der Waals surface area contributed by atoms with Gasteiger partial charge in [-0.05, 0) is 30.3 Å². The van der Waals surface area contributed by atoms with E-state index in [1.54, 1.807) is 0 Å². The van der Waals surface area contributed by atoms with Gasteiger partial charge < -0.3 is 15.0 Å². The van der Waals surface area contributed by atoms with Gasteiger partial charge >= 0.3 is 0 Å². The van der Waals surface area contributed by atoms with Crippen LogP contribution in [0.15, 0.2) is 54.6 Å². The van der Waals surface area contributed by atoms with E-state index < -0.39 is 0 Å². The smallest absolute Gasteiger partial charge is 0.248 e. The summed E-state index contributed by atoms with van der Waals surface area (Å²) in [6.07, 6.45) is 0. The second kappa shape index (κ2) is 6.27. The minimum atomic E-state index is 0.536. The number of pyridine rings is 2. The number of anilines is 3. The molecule has 1 N–H and O–H groups in total. The fourth-order valence-corrected chi connectivity index (χ4v) is 3.23. The van der Waals surface area contributed by atoms with Crippen molar-refractivity contribution in [2.45, 2.75) is 0 Å². The summed E-state index contributed by atoms with van der Waals surface area (Å²) in [6, 6.07) is 18.0. The summed E-state index contributed by atoms with van der Waals surface area (Å²) in [5.74, 6) is 2.29. The zero-order valence-electron chi connectivity index (χ0n) is 14.2. The van der Waals surface area contributed by atoms with Crippen LogP contribution >= 0.6 is 0 Å². The van der Waals surface area contributed by atoms with Crippen LogP contribution in [0.5, 0.6) is 0 Å². The molecule has 4 heterocycles. The summed E-state index contributed by atoms with van der Waals surface area (Å²) in [6.45, 7) is 3.18. The van der Waals surface area contributed by atoms with Crippen molar-refractivity contribution in [2.24, 2.45) is 0 Å². The maximum atomic E-state index is 5.45. The molecule has 0 atom stereocenters. The summed E-state index contributed by atoms with van der Waals surface area (Å²) in [5, 5.41) is 8.96. The molecule has 7 nitrogen and oxygen atoms in total. The van der Waals surface area contributed by atoms with E-state index >= 15 is 0 Å². The number of hydrogen-bond acceptors (Lipinski definition) is 6. The van der Waals surface area contributed by atoms with Crippen LogP contribution in [0.4, 0.5) is 17.6 Å². The van der Waals surface area contributed by atoms with Gasteiger partial charge in [0, 0.05) is 18.5 Å². The molecule has 1 aliphatic rings. The van der Waals surface area contributed by atoms with Crippen LogP contribution in [-0.4, -0.2) is 45.9 Å². The molecule has 130 valence electrons. The first kappa shape index (κ1) is 15.1. The second-order valence-corrected chi connectivity index (χ2v) is 6.20. The molecule has 1 aliphatic heterocycles. The molecule has 5 rings (SSSR count). The number of aromatic nitrogens is 4. The maximum absolute atomic E-state index is 5.45. The largest absolute Gasteiger partial charge is 0.378 e. The quantitative estimate of drug-likeness (QED) is 0.615. The van der Waals surface area contributed by atoms with E-state index in [2.05, 4.69) is 31.3 Å². The molecule has 7 heteroatoms. The zero-order chi connectivity index (χ0) is 17.3. The SMILES string of the molecule is c1ccc2nc(Nc3nc4cccc(N5CCOCC5)n4n3)ccc2c1. The average Bonchev–Trinajstić information content (AvgIpc) is 3.11. The van der Waals surface area contributed by atoms with Crippen molar-refractivity contribution >= 4 is 34.1 Å². The lowest BCUT2D eigenvalue weighted by Gasteiger charge is -2.28. The second-order valence-electron chi connectivity index (χ2n) is 6.20. The number of nitrogens with zero attached hydrogens (tertiary/aromatic N) is 5. The Kier molecular flexibility index (Phi) is 3.64. The normalized spacial score (nSPS) is 14.8. The molecule has 1 saturated heterocycles. The van der Waals surface area contributed by atoms with E-state index in [-0.39, 0.29) is 0 Å². The first-order valence-corrected chi connectivity index (χ1v) is 8.68. The van der Waals surface area contributed by atoms with E-state index in [0.717, 1.165) is 54.5 Å². The minimum Gasteiger partial charge on any atom is -0.378 e. The minimum absolute atomic E-state index is 0.536. The molecule has 1 fully saturated rings. The topological polar surface area (TPSA) is 67.6 Å². The van der Waals surface area contributed by atoms with Crippen LogP contribution in [0.1, 0.15) is 0 Å². The molecule has 0 radical (unpaired) electrons. The summed E-state index contributed by atoms with van der Waals surface area (Å²) in [7, 11) is 0. The van der Waals surface area contributed by atoms with Gasteiger partial charge in [-0.1, -0.05) is 24.3 Å². The Labute approximate surface area is 150 Å². The molecule has 0 spiro atoms. The van der Waals surface area contributed by atoms with E-state index in [1.807, 2.05) is 53.0 Å². The molecule has 26 heavy (non-hydrogen) atoms. The molecular weight excluding hydrogens is 328 g/mol. The van der Waals surface area contributed by atoms with Gasteiger partial charge in [-0.15, -0.1) is 5.10 Å². The summed E-state index contributed by atoms with van der Waals surface area (Å²) >= 11 is 0. The lowest BCUT2D eigenvalue weighted by molar-refractivity contribution is 0.122. The van der Waals surface area contributed by atoms with Crippen molar-refractivity contribution in [3.8, 4) is 0 Å². The zero-order valence-corrected chi connectivity index (χ0v) is 14.2. The fourth-order valence-electron chi connectivity index (χ4n) is 3.23. The van der Waals surface area contributed by atoms with Crippen LogP contribution < -0.4 is 10.2 Å². The third-order valence-corrected chi connectivity index (χ3v) is 4.51. The van der Waals surface area contributed by atoms with Crippen molar-refractivity contribution in [3.05, 3.63) is 54.6 Å². The molecule has 4 aromatic rings. The highest BCUT2D eigenvalue weighted by molar-refractivity contribution is 5.80. The first-order chi connectivity index (χ1) is 12.9. The Bertz CT molecular complexity index is 1070. The number of fused-ring (bicyclic) bond motifs is 2. The predicted molar refractivity (Wildman–Crippen MR) is 101 cm³/mol. The highest BCUT2D eigenvalue weighted by Crippen LogP contribution is 2.21. The van der Waals surface area contributed by atoms with Gasteiger partial charge in [-0.2, -0.15) is 9.50 Å². The number of hydrogen-bond donors (Lipinski definition) is 1. The molecule has 0 unspecified atom stereocenters. The molecule has 0 bridgehead atoms. The third kappa shape index (κ3) is 2.72. The standard InChI is InChI=1S/C19H18N6O/c1-2-5-15-14(4-1)8-9-16(20-15)21-19-22-17-6-3-7-18(25(17)23-19)24-10-12-26-13-11-24/h1-9H,10-13H2,(H,20,21,23). The van der Waals surface area contributed by atoms with Gasteiger partial charge in [0.2, 0.25) is 5.95 Å². The summed E-state index contributed by atoms with van der Waals surface area (Å²) in [5.41, 5.74) is 1.74. The van der Waals surface area contributed by atoms with Gasteiger partial charge in [-0.25, -0.2) is 4.98 Å². The molecule has 3 aromatic heterocycles. The number of benzene rings is 1. The number of para-hydroxylation sites is 1. The summed E-state index contributed by atoms with van der Waals surface area (Å²) in [4.78, 5) is 11.5. The number of ether oxygens (including phenoxy) is 1.